The molecule has 0 bridgehead atoms. The second-order valence-electron chi connectivity index (χ2n) is 17.6. The third-order valence-corrected chi connectivity index (χ3v) is 14.8. The van der Waals surface area contributed by atoms with E-state index in [1.54, 1.807) is 19.1 Å². The number of amides is 2. The van der Waals surface area contributed by atoms with Crippen LogP contribution in [0.25, 0.3) is 0 Å². The molecule has 3 saturated carbocycles. The first-order chi connectivity index (χ1) is 28.6. The van der Waals surface area contributed by atoms with Crippen LogP contribution >= 0.6 is 15.9 Å². The second-order valence-corrected chi connectivity index (χ2v) is 18.2. The average Bonchev–Trinajstić information content (AvgIpc) is 3.73. The molecule has 14 heteroatoms. The number of ketones is 3. The SMILES string of the molecule is C[C@]12C=CC(=O)C=C1CC[C@H]1[C@@H]3C[C@H]4O[C@@H](c5ccc(Cc6cccc(NC(=O)[C@H](CCCCN)CC(=O)CNC(=O)CBr)c6)cc5)O[C@@]4(C(=O)CO)[C@@]3(C)C[C@H](O)[C@@]12F. The van der Waals surface area contributed by atoms with Crippen molar-refractivity contribution >= 4 is 50.8 Å². The fourth-order valence-corrected chi connectivity index (χ4v) is 11.4. The molecule has 322 valence electrons. The fourth-order valence-electron chi connectivity index (χ4n) is 11.2. The van der Waals surface area contributed by atoms with E-state index < -0.39 is 70.7 Å². The van der Waals surface area contributed by atoms with Crippen LogP contribution in [0.5, 0.6) is 0 Å². The summed E-state index contributed by atoms with van der Waals surface area (Å²) in [4.78, 5) is 63.8. The number of aliphatic hydroxyl groups is 2. The minimum absolute atomic E-state index is 0.00396. The van der Waals surface area contributed by atoms with Crippen molar-refractivity contribution in [3.63, 3.8) is 0 Å². The number of allylic oxidation sites excluding steroid dienone is 4. The Labute approximate surface area is 358 Å². The Morgan fingerprint density at radius 1 is 1.07 bits per heavy atom. The molecule has 0 spiro atoms. The number of unbranched alkanes of at least 4 members (excludes halogenated alkanes) is 1. The molecule has 1 aliphatic heterocycles. The van der Waals surface area contributed by atoms with Gasteiger partial charge in [-0.05, 0) is 99.7 Å². The summed E-state index contributed by atoms with van der Waals surface area (Å²) in [5.41, 5.74) is 3.54. The number of hydrogen-bond acceptors (Lipinski definition) is 10. The zero-order valence-electron chi connectivity index (χ0n) is 34.1. The van der Waals surface area contributed by atoms with Crippen molar-refractivity contribution in [2.24, 2.45) is 34.3 Å². The van der Waals surface area contributed by atoms with Crippen molar-refractivity contribution in [2.45, 2.75) is 101 Å². The van der Waals surface area contributed by atoms with Gasteiger partial charge in [0, 0.05) is 40.3 Å². The summed E-state index contributed by atoms with van der Waals surface area (Å²) >= 11 is 3.06. The standard InChI is InChI=1S/C46H55BrFN3O9/c1-43-16-15-33(53)21-31(43)13-14-35-36-22-39-46(38(56)26-52,44(36,2)23-37(55)45(35,43)48)60-42(59-39)29-11-9-27(10-12-29)18-28-6-5-8-32(19-28)51-41(58)30(7-3-4-17-49)20-34(54)25-50-40(57)24-47/h5-6,8-12,15-16,19,21,30,35-37,39,42,52,55H,3-4,7,13-14,17-18,20,22-26,49H2,1-2H3,(H,50,57)(H,51,58)/t30-,35+,36+,37+,39-,42-,43+,44+,45+,46-/m1/s1. The number of Topliss-reactive ketones (excluding diaryl/α,β-unsaturated/α-hetero) is 2. The van der Waals surface area contributed by atoms with Gasteiger partial charge < -0.3 is 36.1 Å². The first-order valence-electron chi connectivity index (χ1n) is 20.9. The molecule has 4 aliphatic carbocycles. The second kappa shape index (κ2) is 17.5. The highest BCUT2D eigenvalue weighted by Crippen LogP contribution is 2.72. The van der Waals surface area contributed by atoms with Gasteiger partial charge in [0.25, 0.3) is 0 Å². The van der Waals surface area contributed by atoms with Crippen molar-refractivity contribution in [3.05, 3.63) is 89.0 Å². The predicted molar refractivity (Wildman–Crippen MR) is 224 cm³/mol. The molecule has 0 aromatic heterocycles. The van der Waals surface area contributed by atoms with E-state index in [0.717, 1.165) is 17.5 Å². The molecule has 0 unspecified atom stereocenters. The van der Waals surface area contributed by atoms with Crippen molar-refractivity contribution in [1.29, 1.82) is 0 Å². The molecule has 1 saturated heterocycles. The summed E-state index contributed by atoms with van der Waals surface area (Å²) in [6, 6.07) is 15.0. The first kappa shape index (κ1) is 44.1. The number of carbonyl (C=O) groups is 5. The van der Waals surface area contributed by atoms with E-state index in [9.17, 15) is 34.2 Å². The van der Waals surface area contributed by atoms with E-state index in [1.165, 1.54) is 12.2 Å². The van der Waals surface area contributed by atoms with Crippen LogP contribution in [0.3, 0.4) is 0 Å². The van der Waals surface area contributed by atoms with E-state index in [4.69, 9.17) is 15.2 Å². The Bertz CT molecular complexity index is 2080. The maximum Gasteiger partial charge on any atom is 0.231 e. The maximum absolute atomic E-state index is 17.7. The molecule has 0 radical (unpaired) electrons. The van der Waals surface area contributed by atoms with Crippen LogP contribution in [0.1, 0.15) is 88.2 Å². The molecular formula is C46H55BrFN3O9. The van der Waals surface area contributed by atoms with Crippen LogP contribution in [-0.4, -0.2) is 87.9 Å². The Morgan fingerprint density at radius 3 is 2.55 bits per heavy atom. The summed E-state index contributed by atoms with van der Waals surface area (Å²) in [6.07, 6.45) is 4.80. The smallest absolute Gasteiger partial charge is 0.231 e. The molecule has 7 rings (SSSR count). The largest absolute Gasteiger partial charge is 0.390 e. The van der Waals surface area contributed by atoms with Gasteiger partial charge in [0.15, 0.2) is 34.9 Å². The number of fused-ring (bicyclic) bond motifs is 7. The normalized spacial score (nSPS) is 33.1. The lowest BCUT2D eigenvalue weighted by atomic mass is 9.44. The molecule has 2 aromatic carbocycles. The summed E-state index contributed by atoms with van der Waals surface area (Å²) in [5.74, 6) is -3.19. The monoisotopic (exact) mass is 891 g/mol. The van der Waals surface area contributed by atoms with Gasteiger partial charge in [0.2, 0.25) is 11.8 Å². The summed E-state index contributed by atoms with van der Waals surface area (Å²) in [5, 5.41) is 27.8. The number of nitrogens with one attached hydrogen (secondary N) is 2. The summed E-state index contributed by atoms with van der Waals surface area (Å²) in [6.45, 7) is 3.15. The van der Waals surface area contributed by atoms with E-state index in [2.05, 4.69) is 26.6 Å². The van der Waals surface area contributed by atoms with Gasteiger partial charge in [-0.2, -0.15) is 0 Å². The number of carbonyl (C=O) groups excluding carboxylic acids is 5. The Balaban J connectivity index is 1.03. The topological polar surface area (TPSA) is 194 Å². The van der Waals surface area contributed by atoms with Crippen LogP contribution in [-0.2, 0) is 39.9 Å². The van der Waals surface area contributed by atoms with Crippen LogP contribution in [0.4, 0.5) is 10.1 Å². The third kappa shape index (κ3) is 7.66. The number of ether oxygens (including phenoxy) is 2. The lowest BCUT2D eigenvalue weighted by molar-refractivity contribution is -0.231. The van der Waals surface area contributed by atoms with E-state index >= 15 is 4.39 Å². The number of alkyl halides is 2. The quantitative estimate of drug-likeness (QED) is 0.112. The summed E-state index contributed by atoms with van der Waals surface area (Å²) < 4.78 is 31.0. The minimum Gasteiger partial charge on any atom is -0.390 e. The zero-order valence-corrected chi connectivity index (χ0v) is 35.7. The highest BCUT2D eigenvalue weighted by molar-refractivity contribution is 9.09. The number of benzene rings is 2. The number of rotatable bonds is 16. The third-order valence-electron chi connectivity index (χ3n) is 14.3. The molecule has 4 fully saturated rings. The number of hydrogen-bond donors (Lipinski definition) is 5. The lowest BCUT2D eigenvalue weighted by Crippen LogP contribution is -2.69. The van der Waals surface area contributed by atoms with Gasteiger partial charge >= 0.3 is 0 Å². The zero-order chi connectivity index (χ0) is 43.0. The predicted octanol–water partition coefficient (Wildman–Crippen LogP) is 5.13. The Kier molecular flexibility index (Phi) is 12.8. The van der Waals surface area contributed by atoms with Crippen molar-refractivity contribution in [1.82, 2.24) is 5.32 Å². The molecule has 2 amide bonds. The maximum atomic E-state index is 17.7. The highest BCUT2D eigenvalue weighted by atomic mass is 79.9. The van der Waals surface area contributed by atoms with Gasteiger partial charge in [0.05, 0.1) is 24.1 Å². The number of anilines is 1. The van der Waals surface area contributed by atoms with Crippen LogP contribution in [0.2, 0.25) is 0 Å². The number of halogens is 2. The number of aliphatic hydroxyl groups excluding tert-OH is 2. The fraction of sp³-hybridized carbons (Fsp3) is 0.543. The van der Waals surface area contributed by atoms with Crippen molar-refractivity contribution < 1.29 is 48.0 Å². The van der Waals surface area contributed by atoms with Gasteiger partial charge in [-0.3, -0.25) is 24.0 Å². The Hall–Kier alpha value is -3.92. The lowest BCUT2D eigenvalue weighted by Gasteiger charge is -2.62. The molecule has 6 N–H and O–H groups in total. The summed E-state index contributed by atoms with van der Waals surface area (Å²) in [7, 11) is 0. The van der Waals surface area contributed by atoms with Gasteiger partial charge in [-0.1, -0.05) is 77.3 Å². The molecular weight excluding hydrogens is 837 g/mol. The molecule has 60 heavy (non-hydrogen) atoms. The van der Waals surface area contributed by atoms with Crippen molar-refractivity contribution in [2.75, 3.05) is 30.3 Å². The average molecular weight is 893 g/mol. The van der Waals surface area contributed by atoms with E-state index in [-0.39, 0.29) is 48.1 Å². The van der Waals surface area contributed by atoms with Crippen molar-refractivity contribution in [3.8, 4) is 0 Å². The van der Waals surface area contributed by atoms with Gasteiger partial charge in [-0.25, -0.2) is 4.39 Å². The Morgan fingerprint density at radius 2 is 1.83 bits per heavy atom. The highest BCUT2D eigenvalue weighted by Gasteiger charge is 2.79. The molecule has 2 aromatic rings. The molecule has 12 nitrogen and oxygen atoms in total. The minimum atomic E-state index is -2.08. The van der Waals surface area contributed by atoms with Crippen LogP contribution < -0.4 is 16.4 Å². The van der Waals surface area contributed by atoms with Crippen LogP contribution in [0, 0.1) is 28.6 Å². The van der Waals surface area contributed by atoms with Gasteiger partial charge in [0.1, 0.15) is 6.61 Å². The van der Waals surface area contributed by atoms with Crippen LogP contribution in [0.15, 0.2) is 72.3 Å². The van der Waals surface area contributed by atoms with E-state index in [1.807, 2.05) is 49.4 Å². The van der Waals surface area contributed by atoms with E-state index in [0.29, 0.717) is 61.9 Å². The molecule has 1 heterocycles. The first-order valence-corrected chi connectivity index (χ1v) is 22.1. The molecule has 5 aliphatic rings. The van der Waals surface area contributed by atoms with Gasteiger partial charge in [-0.15, -0.1) is 0 Å². The molecule has 10 atom stereocenters. The number of nitrogens with two attached hydrogens (primary N) is 1.